The highest BCUT2D eigenvalue weighted by atomic mass is 16.2. The molecular weight excluding hydrogens is 244 g/mol. The molecule has 104 valence electrons. The summed E-state index contributed by atoms with van der Waals surface area (Å²) < 4.78 is 0. The summed E-state index contributed by atoms with van der Waals surface area (Å²) in [5.41, 5.74) is 12.4. The van der Waals surface area contributed by atoms with E-state index >= 15 is 0 Å². The Morgan fingerprint density at radius 3 is 2.53 bits per heavy atom. The van der Waals surface area contributed by atoms with Crippen LogP contribution in [0.4, 0.5) is 11.4 Å². The number of rotatable bonds is 5. The number of nitrogen functional groups attached to an aromatic ring is 2. The molecule has 0 aliphatic heterocycles. The average molecular weight is 264 g/mol. The van der Waals surface area contributed by atoms with Crippen molar-refractivity contribution >= 4 is 23.2 Å². The lowest BCUT2D eigenvalue weighted by molar-refractivity contribution is -0.121. The first-order chi connectivity index (χ1) is 8.90. The molecule has 0 spiro atoms. The van der Waals surface area contributed by atoms with Gasteiger partial charge in [-0.15, -0.1) is 0 Å². The first-order valence-corrected chi connectivity index (χ1v) is 6.12. The molecule has 0 bridgehead atoms. The van der Waals surface area contributed by atoms with Crippen LogP contribution in [0.25, 0.3) is 0 Å². The van der Waals surface area contributed by atoms with Crippen LogP contribution in [0.2, 0.25) is 0 Å². The van der Waals surface area contributed by atoms with Gasteiger partial charge in [-0.2, -0.15) is 0 Å². The number of benzene rings is 1. The standard InChI is InChI=1S/C13H20N4O2/c1-8(2)17-12(18)5-6-16-13(19)10-4-3-9(14)7-11(10)15/h3-4,7-8H,5-6,14-15H2,1-2H3,(H,16,19)(H,17,18). The Morgan fingerprint density at radius 1 is 1.26 bits per heavy atom. The number of nitrogens with one attached hydrogen (secondary N) is 2. The van der Waals surface area contributed by atoms with Gasteiger partial charge in [0.15, 0.2) is 0 Å². The van der Waals surface area contributed by atoms with Gasteiger partial charge >= 0.3 is 0 Å². The molecule has 0 fully saturated rings. The second-order valence-corrected chi connectivity index (χ2v) is 4.57. The van der Waals surface area contributed by atoms with Crippen LogP contribution in [0.3, 0.4) is 0 Å². The molecule has 0 unspecified atom stereocenters. The Labute approximate surface area is 112 Å². The molecule has 0 saturated carbocycles. The second kappa shape index (κ2) is 6.63. The summed E-state index contributed by atoms with van der Waals surface area (Å²) in [6.45, 7) is 4.03. The molecule has 19 heavy (non-hydrogen) atoms. The van der Waals surface area contributed by atoms with E-state index in [4.69, 9.17) is 11.5 Å². The molecule has 0 atom stereocenters. The van der Waals surface area contributed by atoms with Crippen LogP contribution in [-0.2, 0) is 4.79 Å². The smallest absolute Gasteiger partial charge is 0.253 e. The third-order valence-electron chi connectivity index (χ3n) is 2.41. The van der Waals surface area contributed by atoms with Crippen LogP contribution in [0.5, 0.6) is 0 Å². The predicted octanol–water partition coefficient (Wildman–Crippen LogP) is 0.496. The molecule has 6 heteroatoms. The highest BCUT2D eigenvalue weighted by Gasteiger charge is 2.10. The predicted molar refractivity (Wildman–Crippen MR) is 75.5 cm³/mol. The van der Waals surface area contributed by atoms with E-state index in [0.29, 0.717) is 16.9 Å². The summed E-state index contributed by atoms with van der Waals surface area (Å²) in [6, 6.07) is 4.79. The van der Waals surface area contributed by atoms with Crippen LogP contribution < -0.4 is 22.1 Å². The van der Waals surface area contributed by atoms with Gasteiger partial charge in [-0.25, -0.2) is 0 Å². The Hall–Kier alpha value is -2.24. The quantitative estimate of drug-likeness (QED) is 0.580. The van der Waals surface area contributed by atoms with E-state index in [2.05, 4.69) is 10.6 Å². The summed E-state index contributed by atoms with van der Waals surface area (Å²) in [5.74, 6) is -0.407. The largest absolute Gasteiger partial charge is 0.399 e. The Bertz CT molecular complexity index is 472. The fourth-order valence-corrected chi connectivity index (χ4v) is 1.57. The molecule has 0 aromatic heterocycles. The number of amides is 2. The lowest BCUT2D eigenvalue weighted by Gasteiger charge is -2.10. The van der Waals surface area contributed by atoms with Crippen molar-refractivity contribution in [2.75, 3.05) is 18.0 Å². The number of hydrogen-bond acceptors (Lipinski definition) is 4. The summed E-state index contributed by atoms with van der Waals surface area (Å²) >= 11 is 0. The van der Waals surface area contributed by atoms with Crippen LogP contribution in [0, 0.1) is 0 Å². The van der Waals surface area contributed by atoms with Gasteiger partial charge in [0, 0.05) is 30.4 Å². The molecule has 6 nitrogen and oxygen atoms in total. The zero-order valence-corrected chi connectivity index (χ0v) is 11.2. The normalized spacial score (nSPS) is 10.3. The van der Waals surface area contributed by atoms with Crippen LogP contribution in [0.1, 0.15) is 30.6 Å². The highest BCUT2D eigenvalue weighted by molar-refractivity contribution is 5.99. The Morgan fingerprint density at radius 2 is 1.95 bits per heavy atom. The maximum Gasteiger partial charge on any atom is 0.253 e. The minimum Gasteiger partial charge on any atom is -0.399 e. The van der Waals surface area contributed by atoms with Gasteiger partial charge < -0.3 is 22.1 Å². The molecule has 0 radical (unpaired) electrons. The molecule has 0 heterocycles. The number of carbonyl (C=O) groups excluding carboxylic acids is 2. The summed E-state index contributed by atoms with van der Waals surface area (Å²) in [6.07, 6.45) is 0.235. The first kappa shape index (κ1) is 14.8. The van der Waals surface area contributed by atoms with Gasteiger partial charge in [0.1, 0.15) is 0 Å². The third kappa shape index (κ3) is 4.87. The van der Waals surface area contributed by atoms with Gasteiger partial charge in [0.25, 0.3) is 5.91 Å². The van der Waals surface area contributed by atoms with Crippen molar-refractivity contribution in [3.8, 4) is 0 Å². The van der Waals surface area contributed by atoms with Crippen molar-refractivity contribution in [3.63, 3.8) is 0 Å². The maximum atomic E-state index is 11.8. The summed E-state index contributed by atoms with van der Waals surface area (Å²) in [5, 5.41) is 5.39. The van der Waals surface area contributed by atoms with E-state index in [1.165, 1.54) is 6.07 Å². The topological polar surface area (TPSA) is 110 Å². The second-order valence-electron chi connectivity index (χ2n) is 4.57. The molecular formula is C13H20N4O2. The van der Waals surface area contributed by atoms with Crippen LogP contribution in [0.15, 0.2) is 18.2 Å². The number of carbonyl (C=O) groups is 2. The summed E-state index contributed by atoms with van der Waals surface area (Å²) in [7, 11) is 0. The Kier molecular flexibility index (Phi) is 5.17. The molecule has 1 aromatic carbocycles. The number of nitrogens with two attached hydrogens (primary N) is 2. The van der Waals surface area contributed by atoms with Gasteiger partial charge in [0.05, 0.1) is 5.56 Å². The SMILES string of the molecule is CC(C)NC(=O)CCNC(=O)c1ccc(N)cc1N. The van der Waals surface area contributed by atoms with Gasteiger partial charge in [-0.3, -0.25) is 9.59 Å². The number of anilines is 2. The van der Waals surface area contributed by atoms with E-state index in [9.17, 15) is 9.59 Å². The minimum atomic E-state index is -0.310. The number of hydrogen-bond donors (Lipinski definition) is 4. The molecule has 1 aromatic rings. The van der Waals surface area contributed by atoms with Crippen LogP contribution >= 0.6 is 0 Å². The van der Waals surface area contributed by atoms with Crippen molar-refractivity contribution in [2.24, 2.45) is 0 Å². The van der Waals surface area contributed by atoms with Crippen molar-refractivity contribution < 1.29 is 9.59 Å². The molecule has 0 aliphatic rings. The lowest BCUT2D eigenvalue weighted by Crippen LogP contribution is -2.34. The molecule has 0 aliphatic carbocycles. The zero-order chi connectivity index (χ0) is 14.4. The van der Waals surface area contributed by atoms with E-state index in [1.807, 2.05) is 13.8 Å². The lowest BCUT2D eigenvalue weighted by atomic mass is 10.1. The van der Waals surface area contributed by atoms with Gasteiger partial charge in [-0.1, -0.05) is 0 Å². The average Bonchev–Trinajstić information content (AvgIpc) is 2.27. The van der Waals surface area contributed by atoms with Crippen molar-refractivity contribution in [2.45, 2.75) is 26.3 Å². The van der Waals surface area contributed by atoms with Gasteiger partial charge in [0.2, 0.25) is 5.91 Å². The third-order valence-corrected chi connectivity index (χ3v) is 2.41. The zero-order valence-electron chi connectivity index (χ0n) is 11.2. The summed E-state index contributed by atoms with van der Waals surface area (Å²) in [4.78, 5) is 23.2. The fourth-order valence-electron chi connectivity index (χ4n) is 1.57. The maximum absolute atomic E-state index is 11.8. The molecule has 2 amide bonds. The molecule has 6 N–H and O–H groups in total. The van der Waals surface area contributed by atoms with Crippen molar-refractivity contribution in [1.82, 2.24) is 10.6 Å². The van der Waals surface area contributed by atoms with Crippen LogP contribution in [-0.4, -0.2) is 24.4 Å². The van der Waals surface area contributed by atoms with Crippen molar-refractivity contribution in [3.05, 3.63) is 23.8 Å². The van der Waals surface area contributed by atoms with Gasteiger partial charge in [-0.05, 0) is 32.0 Å². The highest BCUT2D eigenvalue weighted by Crippen LogP contribution is 2.15. The van der Waals surface area contributed by atoms with Crippen molar-refractivity contribution in [1.29, 1.82) is 0 Å². The van der Waals surface area contributed by atoms with E-state index in [1.54, 1.807) is 12.1 Å². The first-order valence-electron chi connectivity index (χ1n) is 6.12. The van der Waals surface area contributed by atoms with E-state index in [-0.39, 0.29) is 30.8 Å². The van der Waals surface area contributed by atoms with E-state index in [0.717, 1.165) is 0 Å². The fraction of sp³-hybridized carbons (Fsp3) is 0.385. The minimum absolute atomic E-state index is 0.0935. The molecule has 1 rings (SSSR count). The monoisotopic (exact) mass is 264 g/mol. The Balaban J connectivity index is 2.45. The van der Waals surface area contributed by atoms with E-state index < -0.39 is 0 Å². The molecule has 0 saturated heterocycles.